The molecule has 0 aliphatic carbocycles. The molecule has 1 aromatic rings. The molecular weight excluding hydrogens is 262 g/mol. The van der Waals surface area contributed by atoms with Crippen LogP contribution in [-0.2, 0) is 16.1 Å². The van der Waals surface area contributed by atoms with Gasteiger partial charge in [0, 0.05) is 13.5 Å². The number of likely N-dealkylation sites (N-methyl/N-ethyl adjacent to an activating group) is 1. The lowest BCUT2D eigenvalue weighted by molar-refractivity contribution is -0.146. The summed E-state index contributed by atoms with van der Waals surface area (Å²) in [6, 6.07) is -0.283. The molecule has 1 aromatic heterocycles. The fraction of sp³-hybridized carbons (Fsp3) is 0.667. The lowest BCUT2D eigenvalue weighted by Gasteiger charge is -2.27. The summed E-state index contributed by atoms with van der Waals surface area (Å²) in [6.45, 7) is 3.44. The number of anilines is 1. The molecular formula is C12H19N5O3. The van der Waals surface area contributed by atoms with Crippen LogP contribution in [0, 0.1) is 0 Å². The summed E-state index contributed by atoms with van der Waals surface area (Å²) in [5.74, 6) is 0.0294. The second-order valence-corrected chi connectivity index (χ2v) is 4.70. The van der Waals surface area contributed by atoms with E-state index in [0.29, 0.717) is 25.3 Å². The molecule has 1 unspecified atom stereocenters. The highest BCUT2D eigenvalue weighted by molar-refractivity contribution is 6.01. The Morgan fingerprint density at radius 3 is 2.95 bits per heavy atom. The van der Waals surface area contributed by atoms with Crippen molar-refractivity contribution in [3.05, 3.63) is 5.89 Å². The standard InChI is InChI=1S/C12H19N5O3/c1-3-6-13-7-9-15-16-12(20-9)14-8-4-5-10(18)17(2)11(8)19/h8,13H,3-7H2,1-2H3,(H,14,16). The SMILES string of the molecule is CCCNCc1nnc(NC2CCC(=O)N(C)C2=O)o1. The first-order valence-electron chi connectivity index (χ1n) is 6.72. The summed E-state index contributed by atoms with van der Waals surface area (Å²) in [5, 5.41) is 13.8. The highest BCUT2D eigenvalue weighted by Gasteiger charge is 2.32. The second-order valence-electron chi connectivity index (χ2n) is 4.70. The maximum Gasteiger partial charge on any atom is 0.316 e. The van der Waals surface area contributed by atoms with Gasteiger partial charge in [-0.05, 0) is 19.4 Å². The fourth-order valence-electron chi connectivity index (χ4n) is 1.95. The van der Waals surface area contributed by atoms with E-state index in [1.807, 2.05) is 0 Å². The number of aromatic nitrogens is 2. The summed E-state index contributed by atoms with van der Waals surface area (Å²) < 4.78 is 5.39. The summed E-state index contributed by atoms with van der Waals surface area (Å²) in [5.41, 5.74) is 0. The Morgan fingerprint density at radius 1 is 1.40 bits per heavy atom. The molecule has 1 fully saturated rings. The van der Waals surface area contributed by atoms with Gasteiger partial charge in [0.1, 0.15) is 6.04 Å². The van der Waals surface area contributed by atoms with Crippen molar-refractivity contribution in [2.75, 3.05) is 18.9 Å². The van der Waals surface area contributed by atoms with Crippen LogP contribution in [0.15, 0.2) is 4.42 Å². The molecule has 0 spiro atoms. The van der Waals surface area contributed by atoms with Gasteiger partial charge in [-0.1, -0.05) is 12.0 Å². The highest BCUT2D eigenvalue weighted by Crippen LogP contribution is 2.16. The molecule has 8 nitrogen and oxygen atoms in total. The Hall–Kier alpha value is -1.96. The van der Waals surface area contributed by atoms with Crippen molar-refractivity contribution in [1.82, 2.24) is 20.4 Å². The van der Waals surface area contributed by atoms with Gasteiger partial charge in [0.15, 0.2) is 0 Å². The number of rotatable bonds is 6. The number of hydrogen-bond donors (Lipinski definition) is 2. The number of hydrogen-bond acceptors (Lipinski definition) is 7. The summed E-state index contributed by atoms with van der Waals surface area (Å²) >= 11 is 0. The van der Waals surface area contributed by atoms with Crippen molar-refractivity contribution in [3.8, 4) is 0 Å². The van der Waals surface area contributed by atoms with Crippen LogP contribution in [0.5, 0.6) is 0 Å². The monoisotopic (exact) mass is 281 g/mol. The molecule has 0 aromatic carbocycles. The van der Waals surface area contributed by atoms with Gasteiger partial charge in [-0.3, -0.25) is 14.5 Å². The molecule has 1 saturated heterocycles. The maximum absolute atomic E-state index is 11.9. The van der Waals surface area contributed by atoms with Crippen LogP contribution in [0.1, 0.15) is 32.1 Å². The summed E-state index contributed by atoms with van der Waals surface area (Å²) in [6.07, 6.45) is 1.79. The van der Waals surface area contributed by atoms with Gasteiger partial charge in [-0.15, -0.1) is 5.10 Å². The minimum atomic E-state index is -0.491. The molecule has 2 heterocycles. The second kappa shape index (κ2) is 6.47. The van der Waals surface area contributed by atoms with Crippen molar-refractivity contribution in [1.29, 1.82) is 0 Å². The van der Waals surface area contributed by atoms with Gasteiger partial charge in [-0.2, -0.15) is 0 Å². The lowest BCUT2D eigenvalue weighted by atomic mass is 10.1. The Labute approximate surface area is 116 Å². The zero-order valence-electron chi connectivity index (χ0n) is 11.7. The molecule has 1 aliphatic rings. The molecule has 1 atom stereocenters. The fourth-order valence-corrected chi connectivity index (χ4v) is 1.95. The van der Waals surface area contributed by atoms with E-state index in [1.165, 1.54) is 7.05 Å². The zero-order valence-corrected chi connectivity index (χ0v) is 11.7. The smallest absolute Gasteiger partial charge is 0.316 e. The van der Waals surface area contributed by atoms with Crippen LogP contribution in [0.4, 0.5) is 6.01 Å². The molecule has 0 saturated carbocycles. The molecule has 2 amide bonds. The van der Waals surface area contributed by atoms with E-state index in [9.17, 15) is 9.59 Å². The normalized spacial score (nSPS) is 19.5. The number of piperidine rings is 1. The van der Waals surface area contributed by atoms with Gasteiger partial charge < -0.3 is 15.1 Å². The Bertz CT molecular complexity index is 487. The number of imide groups is 1. The largest absolute Gasteiger partial charge is 0.407 e. The topological polar surface area (TPSA) is 100 Å². The van der Waals surface area contributed by atoms with Crippen molar-refractivity contribution in [3.63, 3.8) is 0 Å². The van der Waals surface area contributed by atoms with E-state index in [0.717, 1.165) is 17.9 Å². The van der Waals surface area contributed by atoms with E-state index >= 15 is 0 Å². The molecule has 0 radical (unpaired) electrons. The minimum Gasteiger partial charge on any atom is -0.407 e. The Kier molecular flexibility index (Phi) is 4.67. The van der Waals surface area contributed by atoms with Gasteiger partial charge in [0.2, 0.25) is 11.8 Å². The van der Waals surface area contributed by atoms with Crippen molar-refractivity contribution < 1.29 is 14.0 Å². The van der Waals surface area contributed by atoms with Crippen LogP contribution >= 0.6 is 0 Å². The summed E-state index contributed by atoms with van der Waals surface area (Å²) in [4.78, 5) is 24.4. The van der Waals surface area contributed by atoms with E-state index in [4.69, 9.17) is 4.42 Å². The average molecular weight is 281 g/mol. The Balaban J connectivity index is 1.90. The number of likely N-dealkylation sites (tertiary alicyclic amines) is 1. The first-order valence-corrected chi connectivity index (χ1v) is 6.72. The minimum absolute atomic E-state index is 0.164. The molecule has 1 aliphatic heterocycles. The molecule has 8 heteroatoms. The Morgan fingerprint density at radius 2 is 2.20 bits per heavy atom. The number of amides is 2. The lowest BCUT2D eigenvalue weighted by Crippen LogP contribution is -2.48. The predicted molar refractivity (Wildman–Crippen MR) is 70.7 cm³/mol. The first-order chi connectivity index (χ1) is 9.61. The average Bonchev–Trinajstić information content (AvgIpc) is 2.88. The third kappa shape index (κ3) is 3.32. The van der Waals surface area contributed by atoms with E-state index < -0.39 is 6.04 Å². The first kappa shape index (κ1) is 14.4. The van der Waals surface area contributed by atoms with Crippen LogP contribution in [0.25, 0.3) is 0 Å². The third-order valence-electron chi connectivity index (χ3n) is 3.12. The quantitative estimate of drug-likeness (QED) is 0.564. The maximum atomic E-state index is 11.9. The van der Waals surface area contributed by atoms with Crippen LogP contribution < -0.4 is 10.6 Å². The van der Waals surface area contributed by atoms with Crippen molar-refractivity contribution >= 4 is 17.8 Å². The van der Waals surface area contributed by atoms with Gasteiger partial charge in [0.25, 0.3) is 5.91 Å². The van der Waals surface area contributed by atoms with E-state index in [1.54, 1.807) is 0 Å². The third-order valence-corrected chi connectivity index (χ3v) is 3.12. The van der Waals surface area contributed by atoms with Crippen LogP contribution in [0.2, 0.25) is 0 Å². The van der Waals surface area contributed by atoms with Crippen molar-refractivity contribution in [2.45, 2.75) is 38.8 Å². The number of nitrogens with zero attached hydrogens (tertiary/aromatic N) is 3. The zero-order chi connectivity index (χ0) is 14.5. The van der Waals surface area contributed by atoms with E-state index in [2.05, 4.69) is 27.8 Å². The highest BCUT2D eigenvalue weighted by atomic mass is 16.4. The number of carbonyl (C=O) groups excluding carboxylic acids is 2. The molecule has 2 rings (SSSR count). The molecule has 20 heavy (non-hydrogen) atoms. The van der Waals surface area contributed by atoms with Crippen LogP contribution in [-0.4, -0.2) is 46.5 Å². The number of carbonyl (C=O) groups is 2. The summed E-state index contributed by atoms with van der Waals surface area (Å²) in [7, 11) is 1.48. The van der Waals surface area contributed by atoms with Crippen molar-refractivity contribution in [2.24, 2.45) is 0 Å². The molecule has 2 N–H and O–H groups in total. The van der Waals surface area contributed by atoms with Gasteiger partial charge in [0.05, 0.1) is 6.54 Å². The van der Waals surface area contributed by atoms with Crippen LogP contribution in [0.3, 0.4) is 0 Å². The number of nitrogens with one attached hydrogen (secondary N) is 2. The van der Waals surface area contributed by atoms with Gasteiger partial charge >= 0.3 is 6.01 Å². The predicted octanol–water partition coefficient (Wildman–Crippen LogP) is 0.129. The molecule has 0 bridgehead atoms. The molecule has 110 valence electrons. The van der Waals surface area contributed by atoms with E-state index in [-0.39, 0.29) is 17.8 Å². The van der Waals surface area contributed by atoms with Gasteiger partial charge in [-0.25, -0.2) is 0 Å².